The lowest BCUT2D eigenvalue weighted by Crippen LogP contribution is -2.33. The average molecular weight is 389 g/mol. The minimum Gasteiger partial charge on any atom is -0.477 e. The second-order valence-corrected chi connectivity index (χ2v) is 5.24. The number of rotatable bonds is 7. The van der Waals surface area contributed by atoms with E-state index in [1.807, 2.05) is 0 Å². The van der Waals surface area contributed by atoms with Gasteiger partial charge in [0, 0.05) is 12.1 Å². The van der Waals surface area contributed by atoms with E-state index in [9.17, 15) is 32.5 Å². The first kappa shape index (κ1) is 19.9. The van der Waals surface area contributed by atoms with Crippen molar-refractivity contribution in [3.8, 4) is 17.2 Å². The van der Waals surface area contributed by atoms with Crippen LogP contribution in [0.25, 0.3) is 0 Å². The van der Waals surface area contributed by atoms with Gasteiger partial charge in [-0.3, -0.25) is 10.1 Å². The van der Waals surface area contributed by atoms with E-state index >= 15 is 0 Å². The highest BCUT2D eigenvalue weighted by molar-refractivity contribution is 5.93. The van der Waals surface area contributed by atoms with E-state index in [0.717, 1.165) is 36.4 Å². The van der Waals surface area contributed by atoms with Crippen LogP contribution in [0.15, 0.2) is 36.4 Å². The molecule has 0 spiro atoms. The van der Waals surface area contributed by atoms with Crippen molar-refractivity contribution >= 4 is 11.7 Å². The van der Waals surface area contributed by atoms with E-state index in [1.54, 1.807) is 0 Å². The number of carbonyl (C=O) groups is 1. The van der Waals surface area contributed by atoms with Crippen molar-refractivity contribution in [3.63, 3.8) is 0 Å². The zero-order chi connectivity index (χ0) is 20.4. The quantitative estimate of drug-likeness (QED) is 0.421. The van der Waals surface area contributed by atoms with Gasteiger partial charge in [-0.2, -0.15) is 17.6 Å². The first-order valence-corrected chi connectivity index (χ1v) is 7.16. The largest absolute Gasteiger partial charge is 0.477 e. The van der Waals surface area contributed by atoms with Crippen molar-refractivity contribution in [2.75, 3.05) is 0 Å². The molecule has 2 aromatic rings. The van der Waals surface area contributed by atoms with Gasteiger partial charge in [0.15, 0.2) is 0 Å². The fourth-order valence-electron chi connectivity index (χ4n) is 2.01. The molecule has 0 amide bonds. The molecule has 11 heteroatoms. The number of halogens is 4. The summed E-state index contributed by atoms with van der Waals surface area (Å²) < 4.78 is 59.2. The van der Waals surface area contributed by atoms with Crippen molar-refractivity contribution in [1.82, 2.24) is 0 Å². The number of carboxylic acid groups (broad SMARTS) is 1. The van der Waals surface area contributed by atoms with Crippen molar-refractivity contribution < 1.29 is 41.9 Å². The number of carboxylic acids is 1. The minimum absolute atomic E-state index is 0.0235. The molecule has 27 heavy (non-hydrogen) atoms. The first-order valence-electron chi connectivity index (χ1n) is 7.16. The molecule has 2 aromatic carbocycles. The maximum absolute atomic E-state index is 12.8. The molecule has 0 aliphatic carbocycles. The van der Waals surface area contributed by atoms with Crippen LogP contribution in [0, 0.1) is 17.0 Å². The second kappa shape index (κ2) is 7.48. The van der Waals surface area contributed by atoms with E-state index in [4.69, 9.17) is 9.84 Å². The molecule has 0 radical (unpaired) electrons. The summed E-state index contributed by atoms with van der Waals surface area (Å²) in [4.78, 5) is 21.2. The molecule has 0 aliphatic rings. The van der Waals surface area contributed by atoms with Crippen LogP contribution < -0.4 is 9.47 Å². The number of nitrogens with zero attached hydrogens (tertiary/aromatic N) is 1. The molecule has 0 fully saturated rings. The molecule has 0 heterocycles. The van der Waals surface area contributed by atoms with Gasteiger partial charge in [-0.15, -0.1) is 0 Å². The number of ether oxygens (including phenoxy) is 2. The van der Waals surface area contributed by atoms with Crippen LogP contribution in [0.5, 0.6) is 17.2 Å². The molecule has 0 saturated carbocycles. The zero-order valence-corrected chi connectivity index (χ0v) is 13.5. The molecule has 7 nitrogen and oxygen atoms in total. The van der Waals surface area contributed by atoms with Gasteiger partial charge in [0.2, 0.25) is 0 Å². The predicted molar refractivity (Wildman–Crippen MR) is 82.9 cm³/mol. The van der Waals surface area contributed by atoms with Gasteiger partial charge in [-0.25, -0.2) is 4.79 Å². The molecule has 144 valence electrons. The summed E-state index contributed by atoms with van der Waals surface area (Å²) in [7, 11) is 0. The van der Waals surface area contributed by atoms with Crippen LogP contribution in [-0.2, 0) is 0 Å². The summed E-state index contributed by atoms with van der Waals surface area (Å²) in [6.45, 7) is 1.44. The zero-order valence-electron chi connectivity index (χ0n) is 13.5. The first-order chi connectivity index (χ1) is 12.5. The molecule has 0 unspecified atom stereocenters. The number of alkyl halides is 4. The Bertz CT molecular complexity index is 870. The molecule has 1 N–H and O–H groups in total. The molecular formula is C16H11F4NO6. The van der Waals surface area contributed by atoms with Crippen LogP contribution in [0.3, 0.4) is 0 Å². The van der Waals surface area contributed by atoms with Gasteiger partial charge in [0.25, 0.3) is 5.69 Å². The van der Waals surface area contributed by atoms with Crippen LogP contribution >= 0.6 is 0 Å². The highest BCUT2D eigenvalue weighted by atomic mass is 19.3. The predicted octanol–water partition coefficient (Wildman–Crippen LogP) is 4.63. The number of hydrogen-bond donors (Lipinski definition) is 1. The summed E-state index contributed by atoms with van der Waals surface area (Å²) in [6, 6.07) is 6.11. The third-order valence-corrected chi connectivity index (χ3v) is 3.28. The Labute approximate surface area is 148 Å². The minimum atomic E-state index is -4.66. The lowest BCUT2D eigenvalue weighted by atomic mass is 10.1. The Kier molecular flexibility index (Phi) is 5.52. The topological polar surface area (TPSA) is 98.9 Å². The highest BCUT2D eigenvalue weighted by Crippen LogP contribution is 2.33. The van der Waals surface area contributed by atoms with Crippen LogP contribution in [-0.4, -0.2) is 28.5 Å². The number of nitro benzene ring substituents is 1. The number of hydrogen-bond acceptors (Lipinski definition) is 5. The van der Waals surface area contributed by atoms with Gasteiger partial charge >= 0.3 is 18.5 Å². The van der Waals surface area contributed by atoms with Crippen LogP contribution in [0.4, 0.5) is 23.2 Å². The van der Waals surface area contributed by atoms with E-state index < -0.39 is 40.4 Å². The molecular weight excluding hydrogens is 378 g/mol. The Morgan fingerprint density at radius 1 is 1.19 bits per heavy atom. The van der Waals surface area contributed by atoms with Gasteiger partial charge in [0.1, 0.15) is 22.8 Å². The fraction of sp³-hybridized carbons (Fsp3) is 0.188. The SMILES string of the molecule is Cc1cc([N+](=O)[O-])c(C(=O)O)cc1Oc1ccc(OC(F)(F)C(F)F)cc1. The molecule has 0 bridgehead atoms. The molecule has 0 atom stereocenters. The third-order valence-electron chi connectivity index (χ3n) is 3.28. The van der Waals surface area contributed by atoms with E-state index in [0.29, 0.717) is 0 Å². The smallest absolute Gasteiger partial charge is 0.461 e. The number of aromatic carboxylic acids is 1. The lowest BCUT2D eigenvalue weighted by Gasteiger charge is -2.17. The standard InChI is InChI=1S/C16H11F4NO6/c1-8-6-12(21(24)25)11(14(22)23)7-13(8)26-9-2-4-10(5-3-9)27-16(19,20)15(17)18/h2-7,15H,1H3,(H,22,23). The van der Waals surface area contributed by atoms with Crippen molar-refractivity contribution in [2.24, 2.45) is 0 Å². The van der Waals surface area contributed by atoms with E-state index in [2.05, 4.69) is 4.74 Å². The molecule has 2 rings (SSSR count). The van der Waals surface area contributed by atoms with Crippen LogP contribution in [0.2, 0.25) is 0 Å². The Balaban J connectivity index is 2.26. The molecule has 0 saturated heterocycles. The third kappa shape index (κ3) is 4.63. The van der Waals surface area contributed by atoms with Gasteiger partial charge in [0.05, 0.1) is 4.92 Å². The highest BCUT2D eigenvalue weighted by Gasteiger charge is 2.43. The maximum Gasteiger partial charge on any atom is 0.461 e. The van der Waals surface area contributed by atoms with E-state index in [-0.39, 0.29) is 17.1 Å². The second-order valence-electron chi connectivity index (χ2n) is 5.24. The lowest BCUT2D eigenvalue weighted by molar-refractivity contribution is -0.385. The maximum atomic E-state index is 12.8. The molecule has 0 aliphatic heterocycles. The fourth-order valence-corrected chi connectivity index (χ4v) is 2.01. The van der Waals surface area contributed by atoms with Crippen molar-refractivity contribution in [2.45, 2.75) is 19.5 Å². The van der Waals surface area contributed by atoms with E-state index in [1.165, 1.54) is 6.92 Å². The Morgan fingerprint density at radius 3 is 2.22 bits per heavy atom. The van der Waals surface area contributed by atoms with Crippen molar-refractivity contribution in [3.05, 3.63) is 57.6 Å². The number of aryl methyl sites for hydroxylation is 1. The summed E-state index contributed by atoms with van der Waals surface area (Å²) in [5.74, 6) is -2.07. The average Bonchev–Trinajstić information content (AvgIpc) is 2.57. The molecule has 0 aromatic heterocycles. The summed E-state index contributed by atoms with van der Waals surface area (Å²) in [5, 5.41) is 20.0. The summed E-state index contributed by atoms with van der Waals surface area (Å²) in [6.07, 6.45) is -8.67. The van der Waals surface area contributed by atoms with Crippen LogP contribution in [0.1, 0.15) is 15.9 Å². The Hall–Kier alpha value is -3.37. The monoisotopic (exact) mass is 389 g/mol. The number of nitro groups is 1. The van der Waals surface area contributed by atoms with Gasteiger partial charge < -0.3 is 14.6 Å². The summed E-state index contributed by atoms with van der Waals surface area (Å²) in [5.41, 5.74) is -0.973. The van der Waals surface area contributed by atoms with Crippen molar-refractivity contribution in [1.29, 1.82) is 0 Å². The Morgan fingerprint density at radius 2 is 1.74 bits per heavy atom. The van der Waals surface area contributed by atoms with Gasteiger partial charge in [-0.1, -0.05) is 0 Å². The van der Waals surface area contributed by atoms with Gasteiger partial charge in [-0.05, 0) is 36.8 Å². The number of benzene rings is 2. The summed E-state index contributed by atoms with van der Waals surface area (Å²) >= 11 is 0. The normalized spacial score (nSPS) is 11.3.